The fourth-order valence-corrected chi connectivity index (χ4v) is 0.997. The van der Waals surface area contributed by atoms with Crippen LogP contribution in [0.15, 0.2) is 29.8 Å². The molecule has 1 aromatic rings. The first-order chi connectivity index (χ1) is 6.26. The van der Waals surface area contributed by atoms with Crippen LogP contribution in [-0.4, -0.2) is 13.4 Å². The molecule has 0 aliphatic heterocycles. The monoisotopic (exact) mass is 176 g/mol. The maximum absolute atomic E-state index is 10.3. The number of aldehydes is 1. The van der Waals surface area contributed by atoms with Gasteiger partial charge in [0.05, 0.1) is 7.11 Å². The predicted octanol–water partition coefficient (Wildman–Crippen LogP) is 2.30. The highest BCUT2D eigenvalue weighted by Gasteiger charge is 1.91. The minimum Gasteiger partial charge on any atom is -0.497 e. The molecule has 1 rings (SSSR count). The zero-order chi connectivity index (χ0) is 9.68. The highest BCUT2D eigenvalue weighted by atomic mass is 16.5. The Hall–Kier alpha value is -1.57. The molecule has 2 heteroatoms. The third-order valence-electron chi connectivity index (χ3n) is 1.70. The molecule has 0 aliphatic carbocycles. The Morgan fingerprint density at radius 2 is 1.92 bits per heavy atom. The number of carbonyl (C=O) groups excluding carboxylic acids is 1. The molecule has 0 atom stereocenters. The van der Waals surface area contributed by atoms with Gasteiger partial charge < -0.3 is 4.74 Å². The zero-order valence-corrected chi connectivity index (χ0v) is 7.78. The quantitative estimate of drug-likeness (QED) is 0.521. The number of benzene rings is 1. The molecule has 13 heavy (non-hydrogen) atoms. The van der Waals surface area contributed by atoms with Crippen molar-refractivity contribution in [2.75, 3.05) is 7.11 Å². The van der Waals surface area contributed by atoms with Gasteiger partial charge in [-0.25, -0.2) is 0 Å². The highest BCUT2D eigenvalue weighted by molar-refractivity contribution is 5.80. The van der Waals surface area contributed by atoms with Crippen molar-refractivity contribution >= 4 is 12.4 Å². The lowest BCUT2D eigenvalue weighted by molar-refractivity contribution is -0.104. The molecule has 0 bridgehead atoms. The number of rotatable bonds is 3. The van der Waals surface area contributed by atoms with Gasteiger partial charge in [0, 0.05) is 0 Å². The van der Waals surface area contributed by atoms with Crippen LogP contribution in [0.4, 0.5) is 0 Å². The molecule has 0 amide bonds. The molecular formula is C11H12O2. The van der Waals surface area contributed by atoms with Crippen molar-refractivity contribution in [3.05, 3.63) is 35.4 Å². The van der Waals surface area contributed by atoms with Crippen LogP contribution in [0.3, 0.4) is 0 Å². The molecule has 0 aromatic heterocycles. The second-order valence-corrected chi connectivity index (χ2v) is 2.78. The smallest absolute Gasteiger partial charge is 0.145 e. The first-order valence-corrected chi connectivity index (χ1v) is 4.04. The van der Waals surface area contributed by atoms with Crippen LogP contribution < -0.4 is 4.74 Å². The van der Waals surface area contributed by atoms with Gasteiger partial charge in [-0.3, -0.25) is 4.79 Å². The number of hydrogen-bond donors (Lipinski definition) is 0. The van der Waals surface area contributed by atoms with Crippen LogP contribution in [0.2, 0.25) is 0 Å². The molecule has 0 aliphatic rings. The van der Waals surface area contributed by atoms with E-state index < -0.39 is 0 Å². The summed E-state index contributed by atoms with van der Waals surface area (Å²) in [5.74, 6) is 0.820. The summed E-state index contributed by atoms with van der Waals surface area (Å²) in [5.41, 5.74) is 1.72. The summed E-state index contributed by atoms with van der Waals surface area (Å²) in [6.07, 6.45) is 2.66. The van der Waals surface area contributed by atoms with Crippen molar-refractivity contribution in [3.8, 4) is 5.75 Å². The van der Waals surface area contributed by atoms with Gasteiger partial charge >= 0.3 is 0 Å². The molecule has 68 valence electrons. The summed E-state index contributed by atoms with van der Waals surface area (Å²) >= 11 is 0. The van der Waals surface area contributed by atoms with Crippen LogP contribution in [0, 0.1) is 0 Å². The maximum atomic E-state index is 10.3. The second kappa shape index (κ2) is 4.45. The molecule has 0 fully saturated rings. The standard InChI is InChI=1S/C11H12O2/c1-9(8-12)7-10-3-5-11(13-2)6-4-10/h3-8H,1-2H3. The van der Waals surface area contributed by atoms with E-state index in [-0.39, 0.29) is 0 Å². The van der Waals surface area contributed by atoms with Crippen LogP contribution >= 0.6 is 0 Å². The predicted molar refractivity (Wildman–Crippen MR) is 52.7 cm³/mol. The van der Waals surface area contributed by atoms with E-state index in [2.05, 4.69) is 0 Å². The van der Waals surface area contributed by atoms with Crippen molar-refractivity contribution < 1.29 is 9.53 Å². The third kappa shape index (κ3) is 2.75. The molecule has 0 radical (unpaired) electrons. The maximum Gasteiger partial charge on any atom is 0.145 e. The van der Waals surface area contributed by atoms with E-state index >= 15 is 0 Å². The number of hydrogen-bond acceptors (Lipinski definition) is 2. The van der Waals surface area contributed by atoms with Crippen molar-refractivity contribution in [2.24, 2.45) is 0 Å². The van der Waals surface area contributed by atoms with Crippen LogP contribution in [0.25, 0.3) is 6.08 Å². The molecule has 0 saturated carbocycles. The van der Waals surface area contributed by atoms with Gasteiger partial charge in [0.15, 0.2) is 0 Å². The number of ether oxygens (including phenoxy) is 1. The van der Waals surface area contributed by atoms with Crippen LogP contribution in [0.5, 0.6) is 5.75 Å². The first-order valence-electron chi connectivity index (χ1n) is 4.04. The minimum atomic E-state index is 0.713. The largest absolute Gasteiger partial charge is 0.497 e. The number of methoxy groups -OCH3 is 1. The molecule has 2 nitrogen and oxygen atoms in total. The van der Waals surface area contributed by atoms with Gasteiger partial charge in [0.25, 0.3) is 0 Å². The average Bonchev–Trinajstić information content (AvgIpc) is 2.19. The Balaban J connectivity index is 2.86. The molecule has 0 heterocycles. The van der Waals surface area contributed by atoms with Crippen LogP contribution in [-0.2, 0) is 4.79 Å². The topological polar surface area (TPSA) is 26.3 Å². The van der Waals surface area contributed by atoms with Crippen molar-refractivity contribution in [1.82, 2.24) is 0 Å². The summed E-state index contributed by atoms with van der Waals surface area (Å²) in [7, 11) is 1.63. The second-order valence-electron chi connectivity index (χ2n) is 2.78. The van der Waals surface area contributed by atoms with Gasteiger partial charge in [-0.2, -0.15) is 0 Å². The van der Waals surface area contributed by atoms with Gasteiger partial charge in [-0.1, -0.05) is 12.1 Å². The summed E-state index contributed by atoms with van der Waals surface area (Å²) in [5, 5.41) is 0. The number of allylic oxidation sites excluding steroid dienone is 1. The van der Waals surface area contributed by atoms with E-state index in [1.54, 1.807) is 14.0 Å². The Bertz CT molecular complexity index is 309. The SMILES string of the molecule is COc1ccc(C=C(C)C=O)cc1. The van der Waals surface area contributed by atoms with Gasteiger partial charge in [0.2, 0.25) is 0 Å². The van der Waals surface area contributed by atoms with Crippen LogP contribution in [0.1, 0.15) is 12.5 Å². The fraction of sp³-hybridized carbons (Fsp3) is 0.182. The Kier molecular flexibility index (Phi) is 3.26. The Morgan fingerprint density at radius 1 is 1.31 bits per heavy atom. The molecule has 0 spiro atoms. The van der Waals surface area contributed by atoms with E-state index in [0.717, 1.165) is 17.6 Å². The van der Waals surface area contributed by atoms with E-state index in [0.29, 0.717) is 5.57 Å². The Morgan fingerprint density at radius 3 is 2.38 bits per heavy atom. The normalized spacial score (nSPS) is 11.1. The Labute approximate surface area is 77.8 Å². The summed E-state index contributed by atoms with van der Waals surface area (Å²) < 4.78 is 5.01. The third-order valence-corrected chi connectivity index (χ3v) is 1.70. The van der Waals surface area contributed by atoms with Gasteiger partial charge in [0.1, 0.15) is 12.0 Å². The van der Waals surface area contributed by atoms with E-state index in [9.17, 15) is 4.79 Å². The summed E-state index contributed by atoms with van der Waals surface area (Å²) in [4.78, 5) is 10.3. The molecule has 1 aromatic carbocycles. The summed E-state index contributed by atoms with van der Waals surface area (Å²) in [6.45, 7) is 1.78. The highest BCUT2D eigenvalue weighted by Crippen LogP contribution is 2.13. The lowest BCUT2D eigenvalue weighted by Gasteiger charge is -1.99. The van der Waals surface area contributed by atoms with Crippen molar-refractivity contribution in [3.63, 3.8) is 0 Å². The molecular weight excluding hydrogens is 164 g/mol. The molecule has 0 saturated heterocycles. The van der Waals surface area contributed by atoms with Gasteiger partial charge in [-0.15, -0.1) is 0 Å². The summed E-state index contributed by atoms with van der Waals surface area (Å²) in [6, 6.07) is 7.55. The van der Waals surface area contributed by atoms with Gasteiger partial charge in [-0.05, 0) is 36.3 Å². The van der Waals surface area contributed by atoms with E-state index in [1.165, 1.54) is 0 Å². The lowest BCUT2D eigenvalue weighted by Crippen LogP contribution is -1.82. The zero-order valence-electron chi connectivity index (χ0n) is 7.78. The minimum absolute atomic E-state index is 0.713. The van der Waals surface area contributed by atoms with Crippen molar-refractivity contribution in [2.45, 2.75) is 6.92 Å². The number of carbonyl (C=O) groups is 1. The molecule has 0 unspecified atom stereocenters. The lowest BCUT2D eigenvalue weighted by atomic mass is 10.1. The average molecular weight is 176 g/mol. The fourth-order valence-electron chi connectivity index (χ4n) is 0.997. The molecule has 0 N–H and O–H groups in total. The first kappa shape index (κ1) is 9.52. The van der Waals surface area contributed by atoms with E-state index in [1.807, 2.05) is 30.3 Å². The van der Waals surface area contributed by atoms with E-state index in [4.69, 9.17) is 4.74 Å². The van der Waals surface area contributed by atoms with Crippen molar-refractivity contribution in [1.29, 1.82) is 0 Å².